The number of carboxylic acid groups (broad SMARTS) is 1. The second kappa shape index (κ2) is 7.17. The number of anilines is 1. The highest BCUT2D eigenvalue weighted by Gasteiger charge is 2.19. The molecule has 112 valence electrons. The molecule has 0 spiro atoms. The van der Waals surface area contributed by atoms with Crippen molar-refractivity contribution < 1.29 is 14.6 Å². The van der Waals surface area contributed by atoms with E-state index in [4.69, 9.17) is 9.84 Å². The molecular formula is C16H25NO3. The fourth-order valence-corrected chi connectivity index (χ4v) is 1.98. The quantitative estimate of drug-likeness (QED) is 0.754. The summed E-state index contributed by atoms with van der Waals surface area (Å²) in [6, 6.07) is 4.87. The van der Waals surface area contributed by atoms with Crippen LogP contribution in [0.2, 0.25) is 0 Å². The van der Waals surface area contributed by atoms with Gasteiger partial charge in [-0.1, -0.05) is 33.6 Å². The summed E-state index contributed by atoms with van der Waals surface area (Å²) in [5.41, 5.74) is 1.08. The van der Waals surface area contributed by atoms with Crippen LogP contribution < -0.4 is 10.1 Å². The number of rotatable bonds is 8. The average Bonchev–Trinajstić information content (AvgIpc) is 2.42. The molecule has 0 saturated heterocycles. The van der Waals surface area contributed by atoms with Gasteiger partial charge < -0.3 is 15.2 Å². The van der Waals surface area contributed by atoms with Gasteiger partial charge in [0.1, 0.15) is 5.75 Å². The van der Waals surface area contributed by atoms with E-state index in [1.165, 1.54) is 12.8 Å². The Balaban J connectivity index is 2.75. The smallest absolute Gasteiger partial charge is 0.335 e. The van der Waals surface area contributed by atoms with E-state index < -0.39 is 5.97 Å². The van der Waals surface area contributed by atoms with Crippen LogP contribution in [-0.4, -0.2) is 24.7 Å². The molecule has 0 saturated carbocycles. The highest BCUT2D eigenvalue weighted by Crippen LogP contribution is 2.29. The van der Waals surface area contributed by atoms with Gasteiger partial charge in [0.25, 0.3) is 0 Å². The molecule has 1 aromatic carbocycles. The highest BCUT2D eigenvalue weighted by atomic mass is 16.5. The van der Waals surface area contributed by atoms with Crippen molar-refractivity contribution in [2.45, 2.75) is 40.0 Å². The van der Waals surface area contributed by atoms with Crippen molar-refractivity contribution >= 4 is 11.7 Å². The molecule has 0 atom stereocenters. The summed E-state index contributed by atoms with van der Waals surface area (Å²) in [6.07, 6.45) is 3.48. The first-order valence-electron chi connectivity index (χ1n) is 7.07. The number of benzene rings is 1. The van der Waals surface area contributed by atoms with Gasteiger partial charge in [0.05, 0.1) is 17.9 Å². The number of carboxylic acids is 1. The third kappa shape index (κ3) is 4.76. The summed E-state index contributed by atoms with van der Waals surface area (Å²) in [7, 11) is 1.76. The van der Waals surface area contributed by atoms with Crippen LogP contribution in [0.15, 0.2) is 18.2 Å². The molecule has 0 radical (unpaired) electrons. The lowest BCUT2D eigenvalue weighted by Gasteiger charge is -2.25. The van der Waals surface area contributed by atoms with Crippen molar-refractivity contribution in [3.8, 4) is 5.75 Å². The van der Waals surface area contributed by atoms with Gasteiger partial charge >= 0.3 is 5.97 Å². The van der Waals surface area contributed by atoms with Crippen LogP contribution in [0.3, 0.4) is 0 Å². The van der Waals surface area contributed by atoms with Crippen LogP contribution in [0.25, 0.3) is 0 Å². The van der Waals surface area contributed by atoms with E-state index in [1.54, 1.807) is 25.2 Å². The van der Waals surface area contributed by atoms with Crippen LogP contribution in [0.4, 0.5) is 5.69 Å². The summed E-state index contributed by atoms with van der Waals surface area (Å²) in [5.74, 6) is -0.238. The molecule has 0 amide bonds. The molecular weight excluding hydrogens is 254 g/mol. The molecule has 0 unspecified atom stereocenters. The van der Waals surface area contributed by atoms with Gasteiger partial charge in [-0.3, -0.25) is 0 Å². The van der Waals surface area contributed by atoms with Gasteiger partial charge in [-0.15, -0.1) is 0 Å². The lowest BCUT2D eigenvalue weighted by atomic mass is 9.88. The van der Waals surface area contributed by atoms with E-state index >= 15 is 0 Å². The third-order valence-corrected chi connectivity index (χ3v) is 3.32. The first kappa shape index (κ1) is 16.3. The largest absolute Gasteiger partial charge is 0.491 e. The first-order chi connectivity index (χ1) is 9.39. The van der Waals surface area contributed by atoms with Crippen molar-refractivity contribution in [3.63, 3.8) is 0 Å². The van der Waals surface area contributed by atoms with E-state index in [1.807, 2.05) is 0 Å². The summed E-state index contributed by atoms with van der Waals surface area (Å²) in [5, 5.41) is 12.0. The van der Waals surface area contributed by atoms with Gasteiger partial charge in [0.15, 0.2) is 0 Å². The summed E-state index contributed by atoms with van der Waals surface area (Å²) in [6.45, 7) is 7.18. The molecule has 4 nitrogen and oxygen atoms in total. The number of nitrogens with one attached hydrogen (secondary N) is 1. The predicted molar refractivity (Wildman–Crippen MR) is 81.7 cm³/mol. The Morgan fingerprint density at radius 2 is 2.10 bits per heavy atom. The Bertz CT molecular complexity index is 455. The van der Waals surface area contributed by atoms with Crippen molar-refractivity contribution in [1.29, 1.82) is 0 Å². The fourth-order valence-electron chi connectivity index (χ4n) is 1.98. The molecule has 0 fully saturated rings. The van der Waals surface area contributed by atoms with E-state index in [0.717, 1.165) is 6.42 Å². The maximum Gasteiger partial charge on any atom is 0.335 e. The number of ether oxygens (including phenoxy) is 1. The minimum absolute atomic E-state index is 0.118. The Kier molecular flexibility index (Phi) is 5.86. The topological polar surface area (TPSA) is 58.6 Å². The maximum absolute atomic E-state index is 10.9. The van der Waals surface area contributed by atoms with E-state index in [-0.39, 0.29) is 11.0 Å². The van der Waals surface area contributed by atoms with E-state index in [0.29, 0.717) is 18.0 Å². The molecule has 0 bridgehead atoms. The Hall–Kier alpha value is -1.71. The zero-order valence-corrected chi connectivity index (χ0v) is 12.8. The Morgan fingerprint density at radius 3 is 2.65 bits per heavy atom. The summed E-state index contributed by atoms with van der Waals surface area (Å²) < 4.78 is 5.87. The molecule has 4 heteroatoms. The number of unbranched alkanes of at least 4 members (excludes halogenated alkanes) is 1. The summed E-state index contributed by atoms with van der Waals surface area (Å²) in [4.78, 5) is 10.9. The fraction of sp³-hybridized carbons (Fsp3) is 0.562. The first-order valence-corrected chi connectivity index (χ1v) is 7.07. The monoisotopic (exact) mass is 279 g/mol. The third-order valence-electron chi connectivity index (χ3n) is 3.32. The molecule has 2 N–H and O–H groups in total. The van der Waals surface area contributed by atoms with Crippen LogP contribution in [0.1, 0.15) is 50.4 Å². The number of aromatic carboxylic acids is 1. The minimum atomic E-state index is -0.934. The summed E-state index contributed by atoms with van der Waals surface area (Å²) >= 11 is 0. The van der Waals surface area contributed by atoms with E-state index in [2.05, 4.69) is 26.1 Å². The minimum Gasteiger partial charge on any atom is -0.491 e. The maximum atomic E-state index is 10.9. The second-order valence-corrected chi connectivity index (χ2v) is 5.82. The van der Waals surface area contributed by atoms with Crippen molar-refractivity contribution in [1.82, 2.24) is 0 Å². The molecule has 0 aromatic heterocycles. The van der Waals surface area contributed by atoms with Crippen LogP contribution in [0, 0.1) is 5.41 Å². The number of carbonyl (C=O) groups is 1. The van der Waals surface area contributed by atoms with Crippen molar-refractivity contribution in [2.24, 2.45) is 5.41 Å². The molecule has 1 aromatic rings. The van der Waals surface area contributed by atoms with Crippen LogP contribution in [-0.2, 0) is 0 Å². The Labute approximate surface area is 121 Å². The lowest BCUT2D eigenvalue weighted by Crippen LogP contribution is -2.21. The standard InChI is InChI=1S/C16H25NO3/c1-5-6-9-16(2,3)11-20-14-8-7-12(15(18)19)10-13(14)17-4/h7-8,10,17H,5-6,9,11H2,1-4H3,(H,18,19). The molecule has 0 aliphatic heterocycles. The number of hydrogen-bond donors (Lipinski definition) is 2. The lowest BCUT2D eigenvalue weighted by molar-refractivity contribution is 0.0697. The zero-order valence-electron chi connectivity index (χ0n) is 12.8. The predicted octanol–water partition coefficient (Wildman–Crippen LogP) is 4.02. The van der Waals surface area contributed by atoms with Crippen molar-refractivity contribution in [2.75, 3.05) is 19.0 Å². The SMILES string of the molecule is CCCCC(C)(C)COc1ccc(C(=O)O)cc1NC. The highest BCUT2D eigenvalue weighted by molar-refractivity contribution is 5.89. The van der Waals surface area contributed by atoms with Gasteiger partial charge in [-0.2, -0.15) is 0 Å². The Morgan fingerprint density at radius 1 is 1.40 bits per heavy atom. The second-order valence-electron chi connectivity index (χ2n) is 5.82. The van der Waals surface area contributed by atoms with Crippen molar-refractivity contribution in [3.05, 3.63) is 23.8 Å². The van der Waals surface area contributed by atoms with Crippen LogP contribution in [0.5, 0.6) is 5.75 Å². The molecule has 0 heterocycles. The van der Waals surface area contributed by atoms with Gasteiger partial charge in [0, 0.05) is 7.05 Å². The number of hydrogen-bond acceptors (Lipinski definition) is 3. The molecule has 0 aliphatic carbocycles. The van der Waals surface area contributed by atoms with Gasteiger partial charge in [0.2, 0.25) is 0 Å². The van der Waals surface area contributed by atoms with Gasteiger partial charge in [-0.25, -0.2) is 4.79 Å². The normalized spacial score (nSPS) is 11.2. The van der Waals surface area contributed by atoms with Crippen LogP contribution >= 0.6 is 0 Å². The van der Waals surface area contributed by atoms with Gasteiger partial charge in [-0.05, 0) is 30.0 Å². The molecule has 20 heavy (non-hydrogen) atoms. The van der Waals surface area contributed by atoms with E-state index in [9.17, 15) is 4.79 Å². The molecule has 1 rings (SSSR count). The zero-order chi connectivity index (χ0) is 15.2. The molecule has 0 aliphatic rings. The average molecular weight is 279 g/mol.